The molecule has 0 spiro atoms. The van der Waals surface area contributed by atoms with Gasteiger partial charge in [-0.05, 0) is 13.0 Å². The van der Waals surface area contributed by atoms with E-state index in [0.29, 0.717) is 24.9 Å². The number of carbonyl (C=O) groups is 1. The Morgan fingerprint density at radius 1 is 1.20 bits per heavy atom. The third-order valence-electron chi connectivity index (χ3n) is 3.57. The van der Waals surface area contributed by atoms with Gasteiger partial charge in [-0.25, -0.2) is 14.6 Å². The molecule has 25 heavy (non-hydrogen) atoms. The van der Waals surface area contributed by atoms with Crippen LogP contribution in [0.25, 0.3) is 11.4 Å². The number of pyridine rings is 1. The van der Waals surface area contributed by atoms with Crippen LogP contribution in [-0.2, 0) is 13.6 Å². The third kappa shape index (κ3) is 3.82. The fourth-order valence-electron chi connectivity index (χ4n) is 2.37. The second-order valence-corrected chi connectivity index (χ2v) is 5.33. The molecule has 1 aromatic carbocycles. The van der Waals surface area contributed by atoms with E-state index in [1.165, 1.54) is 4.68 Å². The van der Waals surface area contributed by atoms with E-state index in [-0.39, 0.29) is 11.7 Å². The van der Waals surface area contributed by atoms with E-state index in [2.05, 4.69) is 20.4 Å². The van der Waals surface area contributed by atoms with Gasteiger partial charge in [0.25, 0.3) is 5.91 Å². The summed E-state index contributed by atoms with van der Waals surface area (Å²) in [6.07, 6.45) is 1.66. The van der Waals surface area contributed by atoms with Gasteiger partial charge in [0.15, 0.2) is 5.82 Å². The van der Waals surface area contributed by atoms with Crippen LogP contribution in [0.2, 0.25) is 0 Å². The summed E-state index contributed by atoms with van der Waals surface area (Å²) < 4.78 is 6.94. The zero-order valence-electron chi connectivity index (χ0n) is 14.1. The normalized spacial score (nSPS) is 10.5. The van der Waals surface area contributed by atoms with Crippen LogP contribution in [0.5, 0.6) is 5.88 Å². The Bertz CT molecular complexity index is 861. The summed E-state index contributed by atoms with van der Waals surface area (Å²) in [6, 6.07) is 13.2. The van der Waals surface area contributed by atoms with Crippen LogP contribution in [0, 0.1) is 0 Å². The number of amides is 1. The Labute approximate surface area is 145 Å². The highest BCUT2D eigenvalue weighted by Crippen LogP contribution is 2.16. The van der Waals surface area contributed by atoms with Crippen LogP contribution >= 0.6 is 0 Å². The second-order valence-electron chi connectivity index (χ2n) is 5.33. The Morgan fingerprint density at radius 3 is 2.76 bits per heavy atom. The summed E-state index contributed by atoms with van der Waals surface area (Å²) in [6.45, 7) is 2.71. The number of hydrogen-bond acceptors (Lipinski definition) is 5. The quantitative estimate of drug-likeness (QED) is 0.746. The first-order valence-electron chi connectivity index (χ1n) is 8.00. The van der Waals surface area contributed by atoms with Gasteiger partial charge in [0.1, 0.15) is 0 Å². The molecule has 128 valence electrons. The van der Waals surface area contributed by atoms with Crippen molar-refractivity contribution in [2.45, 2.75) is 13.5 Å². The zero-order valence-corrected chi connectivity index (χ0v) is 14.1. The van der Waals surface area contributed by atoms with Crippen LogP contribution in [0.4, 0.5) is 0 Å². The summed E-state index contributed by atoms with van der Waals surface area (Å²) in [4.78, 5) is 21.0. The molecule has 3 rings (SSSR count). The molecule has 7 nitrogen and oxygen atoms in total. The molecule has 7 heteroatoms. The van der Waals surface area contributed by atoms with Crippen molar-refractivity contribution in [1.29, 1.82) is 0 Å². The number of rotatable bonds is 6. The van der Waals surface area contributed by atoms with Crippen LogP contribution in [-0.4, -0.2) is 32.3 Å². The molecular weight excluding hydrogens is 318 g/mol. The van der Waals surface area contributed by atoms with E-state index >= 15 is 0 Å². The highest BCUT2D eigenvalue weighted by atomic mass is 16.5. The summed E-state index contributed by atoms with van der Waals surface area (Å²) in [5, 5.41) is 7.15. The van der Waals surface area contributed by atoms with Gasteiger partial charge in [-0.2, -0.15) is 5.10 Å². The first-order chi connectivity index (χ1) is 12.2. The van der Waals surface area contributed by atoms with Crippen molar-refractivity contribution in [1.82, 2.24) is 25.1 Å². The van der Waals surface area contributed by atoms with Crippen molar-refractivity contribution < 1.29 is 9.53 Å². The lowest BCUT2D eigenvalue weighted by Gasteiger charge is -2.09. The van der Waals surface area contributed by atoms with Crippen LogP contribution < -0.4 is 10.1 Å². The summed E-state index contributed by atoms with van der Waals surface area (Å²) in [5.74, 6) is 0.988. The Balaban J connectivity index is 1.73. The largest absolute Gasteiger partial charge is 0.478 e. The molecule has 0 atom stereocenters. The van der Waals surface area contributed by atoms with Crippen molar-refractivity contribution in [2.75, 3.05) is 6.61 Å². The fourth-order valence-corrected chi connectivity index (χ4v) is 2.37. The number of nitrogens with zero attached hydrogens (tertiary/aromatic N) is 4. The average Bonchev–Trinajstić information content (AvgIpc) is 3.04. The molecule has 0 fully saturated rings. The third-order valence-corrected chi connectivity index (χ3v) is 3.57. The molecule has 0 aliphatic rings. The van der Waals surface area contributed by atoms with Crippen molar-refractivity contribution in [3.63, 3.8) is 0 Å². The molecule has 0 saturated carbocycles. The molecule has 1 amide bonds. The maximum absolute atomic E-state index is 12.5. The van der Waals surface area contributed by atoms with Gasteiger partial charge in [0.2, 0.25) is 11.7 Å². The van der Waals surface area contributed by atoms with Gasteiger partial charge in [0.05, 0.1) is 6.61 Å². The number of benzene rings is 1. The molecule has 2 aromatic heterocycles. The molecule has 1 N–H and O–H groups in total. The van der Waals surface area contributed by atoms with Gasteiger partial charge in [-0.15, -0.1) is 0 Å². The maximum atomic E-state index is 12.5. The van der Waals surface area contributed by atoms with E-state index < -0.39 is 0 Å². The molecule has 0 saturated heterocycles. The monoisotopic (exact) mass is 337 g/mol. The van der Waals surface area contributed by atoms with E-state index in [1.54, 1.807) is 19.3 Å². The number of ether oxygens (including phenoxy) is 1. The van der Waals surface area contributed by atoms with Crippen LogP contribution in [0.1, 0.15) is 23.1 Å². The van der Waals surface area contributed by atoms with Crippen molar-refractivity contribution in [2.24, 2.45) is 7.05 Å². The van der Waals surface area contributed by atoms with Crippen LogP contribution in [0.3, 0.4) is 0 Å². The number of carbonyl (C=O) groups excluding carboxylic acids is 1. The van der Waals surface area contributed by atoms with E-state index in [4.69, 9.17) is 4.74 Å². The van der Waals surface area contributed by atoms with Crippen molar-refractivity contribution in [3.05, 3.63) is 60.0 Å². The molecule has 0 aliphatic heterocycles. The van der Waals surface area contributed by atoms with Crippen LogP contribution in [0.15, 0.2) is 48.7 Å². The molecule has 0 aliphatic carbocycles. The topological polar surface area (TPSA) is 81.9 Å². The van der Waals surface area contributed by atoms with Gasteiger partial charge in [-0.1, -0.05) is 36.4 Å². The minimum atomic E-state index is -0.302. The molecule has 0 unspecified atom stereocenters. The predicted octanol–water partition coefficient (Wildman–Crippen LogP) is 2.21. The standard InChI is InChI=1S/C18H19N5O2/c1-3-25-18-14(10-7-11-19-18)12-20-17(24)16-21-15(22-23(16)2)13-8-5-4-6-9-13/h4-11H,3,12H2,1-2H3,(H,20,24). The fraction of sp³-hybridized carbons (Fsp3) is 0.222. The number of nitrogens with one attached hydrogen (secondary N) is 1. The Morgan fingerprint density at radius 2 is 2.00 bits per heavy atom. The summed E-state index contributed by atoms with van der Waals surface area (Å²) in [5.41, 5.74) is 1.67. The van der Waals surface area contributed by atoms with E-state index in [1.807, 2.05) is 43.3 Å². The highest BCUT2D eigenvalue weighted by Gasteiger charge is 2.16. The molecule has 3 aromatic rings. The molecule has 0 radical (unpaired) electrons. The lowest BCUT2D eigenvalue weighted by molar-refractivity contribution is 0.0936. The maximum Gasteiger partial charge on any atom is 0.289 e. The lowest BCUT2D eigenvalue weighted by Crippen LogP contribution is -2.26. The first kappa shape index (κ1) is 16.6. The van der Waals surface area contributed by atoms with E-state index in [9.17, 15) is 4.79 Å². The first-order valence-corrected chi connectivity index (χ1v) is 8.00. The number of aryl methyl sites for hydroxylation is 1. The lowest BCUT2D eigenvalue weighted by atomic mass is 10.2. The van der Waals surface area contributed by atoms with Crippen molar-refractivity contribution in [3.8, 4) is 17.3 Å². The van der Waals surface area contributed by atoms with Gasteiger partial charge >= 0.3 is 0 Å². The number of hydrogen-bond donors (Lipinski definition) is 1. The highest BCUT2D eigenvalue weighted by molar-refractivity contribution is 5.91. The van der Waals surface area contributed by atoms with Gasteiger partial charge in [-0.3, -0.25) is 4.79 Å². The van der Waals surface area contributed by atoms with Gasteiger partial charge < -0.3 is 10.1 Å². The smallest absolute Gasteiger partial charge is 0.289 e. The molecular formula is C18H19N5O2. The Kier molecular flexibility index (Phi) is 5.03. The minimum Gasteiger partial charge on any atom is -0.478 e. The average molecular weight is 337 g/mol. The molecule has 0 bridgehead atoms. The van der Waals surface area contributed by atoms with E-state index in [0.717, 1.165) is 11.1 Å². The molecule has 2 heterocycles. The minimum absolute atomic E-state index is 0.251. The second kappa shape index (κ2) is 7.57. The Hall–Kier alpha value is -3.22. The number of aromatic nitrogens is 4. The van der Waals surface area contributed by atoms with Crippen molar-refractivity contribution >= 4 is 5.91 Å². The zero-order chi connectivity index (χ0) is 17.6. The summed E-state index contributed by atoms with van der Waals surface area (Å²) in [7, 11) is 1.70. The summed E-state index contributed by atoms with van der Waals surface area (Å²) >= 11 is 0. The SMILES string of the molecule is CCOc1ncccc1CNC(=O)c1nc(-c2ccccc2)nn1C. The predicted molar refractivity (Wildman–Crippen MR) is 93.0 cm³/mol. The van der Waals surface area contributed by atoms with Gasteiger partial charge in [0, 0.05) is 30.9 Å².